The van der Waals surface area contributed by atoms with E-state index in [4.69, 9.17) is 19.7 Å². The second-order valence-corrected chi connectivity index (χ2v) is 7.47. The van der Waals surface area contributed by atoms with Gasteiger partial charge in [0.1, 0.15) is 5.72 Å². The molecule has 0 aliphatic rings. The van der Waals surface area contributed by atoms with E-state index in [0.717, 1.165) is 12.5 Å². The smallest absolute Gasteiger partial charge is 0.336 e. The molecule has 0 aliphatic carbocycles. The Morgan fingerprint density at radius 2 is 2.00 bits per heavy atom. The van der Waals surface area contributed by atoms with Crippen LogP contribution in [0.2, 0.25) is 12.6 Å². The molecule has 0 spiro atoms. The molecule has 0 radical (unpaired) electrons. The van der Waals surface area contributed by atoms with E-state index in [9.17, 15) is 0 Å². The highest BCUT2D eigenvalue weighted by molar-refractivity contribution is 6.66. The summed E-state index contributed by atoms with van der Waals surface area (Å²) >= 11 is 0. The molecule has 0 rings (SSSR count). The maximum Gasteiger partial charge on any atom is 0.336 e. The van der Waals surface area contributed by atoms with Gasteiger partial charge in [0, 0.05) is 19.6 Å². The molecule has 0 aromatic heterocycles. The Balaban J connectivity index is 4.37. The minimum Gasteiger partial charge on any atom is -0.396 e. The second-order valence-electron chi connectivity index (χ2n) is 4.21. The van der Waals surface area contributed by atoms with E-state index in [1.54, 1.807) is 6.92 Å². The second kappa shape index (κ2) is 6.60. The number of hydrogen-bond donors (Lipinski definition) is 2. The zero-order valence-electron chi connectivity index (χ0n) is 10.4. The molecule has 0 saturated heterocycles. The van der Waals surface area contributed by atoms with E-state index in [2.05, 4.69) is 6.92 Å². The maximum atomic E-state index is 8.87. The Bertz CT molecular complexity index is 170. The van der Waals surface area contributed by atoms with Crippen molar-refractivity contribution in [3.63, 3.8) is 0 Å². The molecule has 0 bridgehead atoms. The molecule has 3 N–H and O–H groups in total. The van der Waals surface area contributed by atoms with Crippen LogP contribution in [0, 0.1) is 0 Å². The van der Waals surface area contributed by atoms with Gasteiger partial charge in [-0.15, -0.1) is 0 Å². The molecule has 2 unspecified atom stereocenters. The molecule has 0 heterocycles. The number of nitrogens with two attached hydrogens (primary N) is 1. The fraction of sp³-hybridized carbons (Fsp3) is 1.00. The van der Waals surface area contributed by atoms with Gasteiger partial charge in [0.25, 0.3) is 0 Å². The standard InChI is InChI=1S/C10H25NO3Si/c1-5-9-15(4,13-6-2)14-10(3,11)7-8-12/h12H,5-9,11H2,1-4H3. The zero-order chi connectivity index (χ0) is 11.9. The van der Waals surface area contributed by atoms with Crippen molar-refractivity contribution in [3.8, 4) is 0 Å². The predicted molar refractivity (Wildman–Crippen MR) is 63.7 cm³/mol. The first-order valence-electron chi connectivity index (χ1n) is 5.63. The van der Waals surface area contributed by atoms with Gasteiger partial charge in [-0.25, -0.2) is 0 Å². The van der Waals surface area contributed by atoms with Crippen molar-refractivity contribution in [2.24, 2.45) is 5.73 Å². The highest BCUT2D eigenvalue weighted by Crippen LogP contribution is 2.22. The molecular weight excluding hydrogens is 210 g/mol. The Morgan fingerprint density at radius 3 is 2.40 bits per heavy atom. The Morgan fingerprint density at radius 1 is 1.40 bits per heavy atom. The number of rotatable bonds is 8. The minimum absolute atomic E-state index is 0.0374. The van der Waals surface area contributed by atoms with Gasteiger partial charge in [0.15, 0.2) is 0 Å². The molecule has 92 valence electrons. The van der Waals surface area contributed by atoms with Crippen molar-refractivity contribution in [3.05, 3.63) is 0 Å². The van der Waals surface area contributed by atoms with Gasteiger partial charge < -0.3 is 19.7 Å². The fourth-order valence-corrected chi connectivity index (χ4v) is 4.59. The molecule has 0 aromatic rings. The first-order valence-corrected chi connectivity index (χ1v) is 8.15. The van der Waals surface area contributed by atoms with Gasteiger partial charge in [0.05, 0.1) is 0 Å². The normalized spacial score (nSPS) is 19.6. The van der Waals surface area contributed by atoms with Crippen molar-refractivity contribution in [2.45, 2.75) is 51.9 Å². The number of aliphatic hydroxyl groups is 1. The monoisotopic (exact) mass is 235 g/mol. The van der Waals surface area contributed by atoms with Crippen LogP contribution in [0.5, 0.6) is 0 Å². The van der Waals surface area contributed by atoms with E-state index >= 15 is 0 Å². The van der Waals surface area contributed by atoms with E-state index in [1.165, 1.54) is 0 Å². The summed E-state index contributed by atoms with van der Waals surface area (Å²) in [5.41, 5.74) is 5.17. The molecular formula is C10H25NO3Si. The minimum atomic E-state index is -2.16. The molecule has 2 atom stereocenters. The Kier molecular flexibility index (Phi) is 6.62. The van der Waals surface area contributed by atoms with Crippen molar-refractivity contribution in [2.75, 3.05) is 13.2 Å². The van der Waals surface area contributed by atoms with Gasteiger partial charge >= 0.3 is 8.56 Å². The van der Waals surface area contributed by atoms with Crippen LogP contribution in [0.25, 0.3) is 0 Å². The first-order chi connectivity index (χ1) is 6.89. The third kappa shape index (κ3) is 6.27. The van der Waals surface area contributed by atoms with Crippen molar-refractivity contribution in [1.82, 2.24) is 0 Å². The summed E-state index contributed by atoms with van der Waals surface area (Å²) < 4.78 is 11.6. The lowest BCUT2D eigenvalue weighted by Crippen LogP contribution is -2.52. The van der Waals surface area contributed by atoms with E-state index in [0.29, 0.717) is 13.0 Å². The lowest BCUT2D eigenvalue weighted by atomic mass is 10.2. The zero-order valence-corrected chi connectivity index (χ0v) is 11.4. The van der Waals surface area contributed by atoms with Crippen LogP contribution in [0.15, 0.2) is 0 Å². The molecule has 0 saturated carbocycles. The van der Waals surface area contributed by atoms with Crippen LogP contribution in [-0.4, -0.2) is 32.6 Å². The quantitative estimate of drug-likeness (QED) is 0.495. The summed E-state index contributed by atoms with van der Waals surface area (Å²) in [6.45, 7) is 8.58. The summed E-state index contributed by atoms with van der Waals surface area (Å²) in [7, 11) is -2.16. The highest BCUT2D eigenvalue weighted by Gasteiger charge is 2.36. The van der Waals surface area contributed by atoms with E-state index in [1.807, 2.05) is 13.5 Å². The van der Waals surface area contributed by atoms with Crippen LogP contribution >= 0.6 is 0 Å². The molecule has 0 fully saturated rings. The van der Waals surface area contributed by atoms with Gasteiger partial charge in [-0.2, -0.15) is 0 Å². The summed E-state index contributed by atoms with van der Waals surface area (Å²) in [5, 5.41) is 8.87. The summed E-state index contributed by atoms with van der Waals surface area (Å²) in [6.07, 6.45) is 1.46. The third-order valence-corrected chi connectivity index (χ3v) is 5.42. The maximum absolute atomic E-state index is 8.87. The van der Waals surface area contributed by atoms with E-state index in [-0.39, 0.29) is 6.61 Å². The molecule has 0 aliphatic heterocycles. The summed E-state index contributed by atoms with van der Waals surface area (Å²) in [6, 6.07) is 0.930. The predicted octanol–water partition coefficient (Wildman–Crippen LogP) is 1.58. The average molecular weight is 235 g/mol. The Hall–Kier alpha value is 0.0569. The van der Waals surface area contributed by atoms with E-state index < -0.39 is 14.3 Å². The third-order valence-electron chi connectivity index (χ3n) is 2.21. The molecule has 5 heteroatoms. The lowest BCUT2D eigenvalue weighted by Gasteiger charge is -2.35. The lowest BCUT2D eigenvalue weighted by molar-refractivity contribution is 0.0225. The average Bonchev–Trinajstić information content (AvgIpc) is 2.02. The molecule has 4 nitrogen and oxygen atoms in total. The van der Waals surface area contributed by atoms with Gasteiger partial charge in [-0.05, 0) is 26.4 Å². The topological polar surface area (TPSA) is 64.7 Å². The fourth-order valence-electron chi connectivity index (χ4n) is 1.68. The number of hydrogen-bond acceptors (Lipinski definition) is 4. The molecule has 0 amide bonds. The van der Waals surface area contributed by atoms with Crippen LogP contribution in [0.3, 0.4) is 0 Å². The van der Waals surface area contributed by atoms with Crippen molar-refractivity contribution in [1.29, 1.82) is 0 Å². The van der Waals surface area contributed by atoms with Gasteiger partial charge in [-0.3, -0.25) is 0 Å². The van der Waals surface area contributed by atoms with Crippen molar-refractivity contribution >= 4 is 8.56 Å². The number of aliphatic hydroxyl groups excluding tert-OH is 1. The molecule has 15 heavy (non-hydrogen) atoms. The van der Waals surface area contributed by atoms with Crippen LogP contribution < -0.4 is 5.73 Å². The summed E-state index contributed by atoms with van der Waals surface area (Å²) in [5.74, 6) is 0. The summed E-state index contributed by atoms with van der Waals surface area (Å²) in [4.78, 5) is 0. The highest BCUT2D eigenvalue weighted by atomic mass is 28.4. The van der Waals surface area contributed by atoms with Crippen LogP contribution in [0.4, 0.5) is 0 Å². The van der Waals surface area contributed by atoms with Crippen LogP contribution in [0.1, 0.15) is 33.6 Å². The van der Waals surface area contributed by atoms with Crippen molar-refractivity contribution < 1.29 is 14.0 Å². The molecule has 0 aromatic carbocycles. The SMILES string of the molecule is CCC[Si](C)(OCC)OC(C)(N)CCO. The first kappa shape index (κ1) is 15.1. The largest absolute Gasteiger partial charge is 0.396 e. The van der Waals surface area contributed by atoms with Crippen LogP contribution in [-0.2, 0) is 8.85 Å². The Labute approximate surface area is 94.0 Å². The van der Waals surface area contributed by atoms with Gasteiger partial charge in [-0.1, -0.05) is 13.3 Å². The van der Waals surface area contributed by atoms with Gasteiger partial charge in [0.2, 0.25) is 0 Å².